The van der Waals surface area contributed by atoms with Crippen LogP contribution in [0.15, 0.2) is 246 Å². The third kappa shape index (κ3) is 15.9. The van der Waals surface area contributed by atoms with Gasteiger partial charge in [0.25, 0.3) is 0 Å². The highest BCUT2D eigenvalue weighted by atomic mass is 16.2. The number of hydrogen-bond acceptors (Lipinski definition) is 28. The number of rotatable bonds is 13. The topological polar surface area (TPSA) is 536 Å². The number of hydrogen-bond donors (Lipinski definition) is 11. The maximum atomic E-state index is 8.12. The summed E-state index contributed by atoms with van der Waals surface area (Å²) in [6, 6.07) is 29.3. The van der Waals surface area contributed by atoms with Gasteiger partial charge in [0.1, 0.15) is 39.5 Å². The van der Waals surface area contributed by atoms with Crippen molar-refractivity contribution in [3.63, 3.8) is 0 Å². The van der Waals surface area contributed by atoms with Crippen LogP contribution in [-0.4, -0.2) is 193 Å². The average Bonchev–Trinajstić information content (AvgIpc) is 1.62. The molecule has 0 saturated heterocycles. The lowest BCUT2D eigenvalue weighted by Crippen LogP contribution is -2.11. The van der Waals surface area contributed by atoms with Gasteiger partial charge in [0.2, 0.25) is 5.69 Å². The Morgan fingerprint density at radius 2 is 0.808 bits per heavy atom. The van der Waals surface area contributed by atoms with E-state index in [1.54, 1.807) is 112 Å². The minimum absolute atomic E-state index is 0.250. The van der Waals surface area contributed by atoms with Crippen LogP contribution >= 0.6 is 0 Å². The molecule has 25 heterocycles. The third-order valence-electron chi connectivity index (χ3n) is 20.9. The van der Waals surface area contributed by atoms with E-state index in [0.29, 0.717) is 62.9 Å². The van der Waals surface area contributed by atoms with Gasteiger partial charge in [0, 0.05) is 173 Å². The molecule has 25 aromatic heterocycles. The van der Waals surface area contributed by atoms with E-state index in [1.807, 2.05) is 122 Å². The van der Waals surface area contributed by atoms with E-state index in [1.165, 1.54) is 6.20 Å². The normalized spacial score (nSPS) is 11.2. The molecule has 0 spiro atoms. The number of aromatic nitrogens is 36. The van der Waals surface area contributed by atoms with Crippen molar-refractivity contribution in [2.24, 2.45) is 0 Å². The van der Waals surface area contributed by atoms with Gasteiger partial charge >= 0.3 is 6.15 Å². The van der Waals surface area contributed by atoms with Crippen molar-refractivity contribution in [3.8, 4) is 108 Å². The van der Waals surface area contributed by atoms with Gasteiger partial charge in [-0.2, -0.15) is 35.1 Å². The number of H-pyrrole nitrogens is 10. The summed E-state index contributed by atoms with van der Waals surface area (Å²) in [4.78, 5) is 124. The van der Waals surface area contributed by atoms with Crippen molar-refractivity contribution in [2.45, 2.75) is 27.3 Å². The average molecular weight is 1710 g/mol. The molecule has 0 aromatic carbocycles. The molecule has 25 aromatic rings. The van der Waals surface area contributed by atoms with Crippen molar-refractivity contribution >= 4 is 122 Å². The number of carbonyl (C=O) groups excluding carboxylic acids is 2. The molecule has 11 N–H and O–H groups in total. The van der Waals surface area contributed by atoms with Crippen LogP contribution in [0.2, 0.25) is 0 Å². The maximum absolute atomic E-state index is 8.12. The summed E-state index contributed by atoms with van der Waals surface area (Å²) in [6.07, 6.45) is 44.6. The number of pyridine rings is 14. The SMILES string of the molecule is CCNCc1cncc(-c2cnc3n[nH]c(-c4nc5ccncc5[nH]4)c3c2)c1.Cc1cn(-c2cncc3[nH]c(-c4[nH]nc5ncc(-c6cnccc6C)cc45)nc23)cn1.O=C=O.[C-]#[N+]c1cnc2n[nH]c(-c3nc4ccncc4[nH]3)c2c1.c1cnc2n[nH]c(-c3nc4ccncc4[nH]3)c2c1.c1cncc(-c2cnc3n[nH]c(-c4nc5c(-c6cccnc6)cncc5[nH]4)c3c2)c1. The Balaban J connectivity index is 0.000000102. The third-order valence-corrected chi connectivity index (χ3v) is 20.9. The highest BCUT2D eigenvalue weighted by Gasteiger charge is 2.22. The predicted molar refractivity (Wildman–Crippen MR) is 482 cm³/mol. The fourth-order valence-corrected chi connectivity index (χ4v) is 14.7. The summed E-state index contributed by atoms with van der Waals surface area (Å²) in [5.74, 6) is 3.46. The molecule has 0 bridgehead atoms. The van der Waals surface area contributed by atoms with Gasteiger partial charge in [0.15, 0.2) is 57.4 Å². The highest BCUT2D eigenvalue weighted by Crippen LogP contribution is 2.37. The first kappa shape index (κ1) is 79.3. The van der Waals surface area contributed by atoms with Crippen molar-refractivity contribution in [1.82, 2.24) is 185 Å². The maximum Gasteiger partial charge on any atom is 0.373 e. The first-order chi connectivity index (χ1) is 64.0. The van der Waals surface area contributed by atoms with E-state index in [2.05, 4.69) is 208 Å². The van der Waals surface area contributed by atoms with Gasteiger partial charge in [-0.05, 0) is 110 Å². The Bertz CT molecular complexity index is 8410. The minimum Gasteiger partial charge on any atom is -0.335 e. The van der Waals surface area contributed by atoms with Crippen molar-refractivity contribution in [1.29, 1.82) is 0 Å². The van der Waals surface area contributed by atoms with Gasteiger partial charge in [0.05, 0.1) is 122 Å². The number of aryl methyl sites for hydroxylation is 2. The Hall–Kier alpha value is -19.2. The summed E-state index contributed by atoms with van der Waals surface area (Å²) in [5, 5.41) is 44.1. The molecular formula is C90H64N38O2. The van der Waals surface area contributed by atoms with Gasteiger partial charge in [-0.15, -0.1) is 0 Å². The molecule has 25 rings (SSSR count). The number of imidazole rings is 6. The zero-order valence-corrected chi connectivity index (χ0v) is 68.4. The quantitative estimate of drug-likeness (QED) is 0.0478. The first-order valence-corrected chi connectivity index (χ1v) is 40.0. The molecule has 0 aliphatic carbocycles. The molecule has 0 aliphatic heterocycles. The van der Waals surface area contributed by atoms with Gasteiger partial charge in [-0.1, -0.05) is 19.1 Å². The fraction of sp³-hybridized carbons (Fsp3) is 0.0556. The van der Waals surface area contributed by atoms with Crippen LogP contribution in [0, 0.1) is 20.4 Å². The van der Waals surface area contributed by atoms with E-state index in [-0.39, 0.29) is 6.15 Å². The molecular weight excluding hydrogens is 1650 g/mol. The van der Waals surface area contributed by atoms with Gasteiger partial charge < -0.3 is 34.8 Å². The zero-order chi connectivity index (χ0) is 88.0. The number of aromatic amines is 10. The van der Waals surface area contributed by atoms with Crippen LogP contribution < -0.4 is 5.32 Å². The van der Waals surface area contributed by atoms with E-state index < -0.39 is 0 Å². The molecule has 626 valence electrons. The Morgan fingerprint density at radius 3 is 1.35 bits per heavy atom. The number of nitrogens with zero attached hydrogens (tertiary/aromatic N) is 27. The fourth-order valence-electron chi connectivity index (χ4n) is 14.7. The second-order valence-electron chi connectivity index (χ2n) is 29.1. The summed E-state index contributed by atoms with van der Waals surface area (Å²) in [5.41, 5.74) is 27.9. The van der Waals surface area contributed by atoms with Crippen LogP contribution in [0.1, 0.15) is 23.7 Å². The smallest absolute Gasteiger partial charge is 0.335 e. The molecule has 0 unspecified atom stereocenters. The molecule has 0 amide bonds. The van der Waals surface area contributed by atoms with E-state index >= 15 is 0 Å². The molecule has 0 saturated carbocycles. The molecule has 0 aliphatic rings. The second-order valence-corrected chi connectivity index (χ2v) is 29.1. The van der Waals surface area contributed by atoms with Crippen LogP contribution in [0.3, 0.4) is 0 Å². The monoisotopic (exact) mass is 1710 g/mol. The lowest BCUT2D eigenvalue weighted by Gasteiger charge is -2.05. The number of nitrogens with one attached hydrogen (secondary N) is 11. The standard InChI is InChI=1S/C22H17N9.C22H14N8.C20H18N8.C13H7N7.C12H8N6.CO2/c1-12-3-4-23-7-16(12)14-5-15-19(29-30-21(15)25-6-14)22-27-17-8-24-9-18(20(17)28-22)31-10-13(2)26-11-31;1-3-13(8-23-5-1)15-7-16-20(29-30-21(16)26-10-15)22-27-18-12-25-11-17(19(18)28-22)14-4-2-6-24-9-14;1-2-21-7-12-5-13(9-23-8-12)14-6-15-18(27-28-19(15)24-10-14)20-25-16-3-4-22-11-17(16)26-20;1-14-7-4-8-11(19-20-12(8)16-5-7)13-17-9-2-3-15-6-10(9)18-13;1-2-7-10(17-18-11(7)14-4-1)12-15-8-3-5-13-6-9(8)16-12;2-1-3/h3-11H,1-2H3,(H,27,28)(H,25,29,30);1-12H,(H,27,28)(H,26,29,30);3-6,8-11,21H,2,7H2,1H3,(H,25,26)(H,24,27,28);2-6H,(H,17,18)(H,16,19,20);1-6H,(H,15,16)(H,14,17,18);. The predicted octanol–water partition coefficient (Wildman–Crippen LogP) is 14.6. The lowest BCUT2D eigenvalue weighted by molar-refractivity contribution is -0.191. The Labute approximate surface area is 729 Å². The van der Waals surface area contributed by atoms with Crippen LogP contribution in [0.25, 0.3) is 223 Å². The van der Waals surface area contributed by atoms with E-state index in [9.17, 15) is 0 Å². The summed E-state index contributed by atoms with van der Waals surface area (Å²) >= 11 is 0. The Morgan fingerprint density at radius 1 is 0.377 bits per heavy atom. The van der Waals surface area contributed by atoms with Crippen LogP contribution in [0.4, 0.5) is 5.69 Å². The van der Waals surface area contributed by atoms with Gasteiger partial charge in [-0.25, -0.2) is 59.7 Å². The highest BCUT2D eigenvalue weighted by molar-refractivity contribution is 6.00. The summed E-state index contributed by atoms with van der Waals surface area (Å²) < 4.78 is 1.92. The minimum atomic E-state index is 0.250. The van der Waals surface area contributed by atoms with Crippen molar-refractivity contribution in [3.05, 3.63) is 274 Å². The molecule has 40 nitrogen and oxygen atoms in total. The van der Waals surface area contributed by atoms with Crippen LogP contribution in [-0.2, 0) is 16.1 Å². The number of fused-ring (bicyclic) bond motifs is 10. The molecule has 0 radical (unpaired) electrons. The first-order valence-electron chi connectivity index (χ1n) is 40.0. The van der Waals surface area contributed by atoms with Crippen molar-refractivity contribution < 1.29 is 9.59 Å². The summed E-state index contributed by atoms with van der Waals surface area (Å²) in [6.45, 7) is 14.9. The van der Waals surface area contributed by atoms with Crippen molar-refractivity contribution in [2.75, 3.05) is 6.54 Å². The molecule has 40 heteroatoms. The van der Waals surface area contributed by atoms with E-state index in [0.717, 1.165) is 191 Å². The van der Waals surface area contributed by atoms with E-state index in [4.69, 9.17) is 26.1 Å². The Kier molecular flexibility index (Phi) is 21.4. The largest absolute Gasteiger partial charge is 0.373 e. The molecule has 0 fully saturated rings. The zero-order valence-electron chi connectivity index (χ0n) is 68.4. The molecule has 0 atom stereocenters. The molecule has 130 heavy (non-hydrogen) atoms. The second kappa shape index (κ2) is 35.0. The van der Waals surface area contributed by atoms with Gasteiger partial charge in [-0.3, -0.25) is 70.3 Å². The van der Waals surface area contributed by atoms with Crippen LogP contribution in [0.5, 0.6) is 0 Å². The summed E-state index contributed by atoms with van der Waals surface area (Å²) in [7, 11) is 0. The lowest BCUT2D eigenvalue weighted by atomic mass is 10.0.